The summed E-state index contributed by atoms with van der Waals surface area (Å²) in [5, 5.41) is 8.30. The van der Waals surface area contributed by atoms with Gasteiger partial charge in [-0.05, 0) is 41.1 Å². The minimum atomic E-state index is 0.525. The Labute approximate surface area is 145 Å². The molecule has 0 fully saturated rings. The van der Waals surface area contributed by atoms with Crippen LogP contribution in [0.25, 0.3) is 17.1 Å². The lowest BCUT2D eigenvalue weighted by Crippen LogP contribution is -2.17. The number of benzene rings is 2. The Morgan fingerprint density at radius 2 is 1.80 bits per heavy atom. The van der Waals surface area contributed by atoms with Gasteiger partial charge in [0.2, 0.25) is 0 Å². The molecular weight excluding hydrogens is 314 g/mol. The Morgan fingerprint density at radius 3 is 2.52 bits per heavy atom. The summed E-state index contributed by atoms with van der Waals surface area (Å²) in [6.07, 6.45) is 3.69. The van der Waals surface area contributed by atoms with E-state index in [2.05, 4.69) is 27.4 Å². The first kappa shape index (κ1) is 15.1. The SMILES string of the molecule is CN(Cc1ccc(-n2cccn2)cc1)c1noc(-c2ccccc2)n1. The van der Waals surface area contributed by atoms with Gasteiger partial charge in [-0.15, -0.1) is 0 Å². The van der Waals surface area contributed by atoms with E-state index in [4.69, 9.17) is 4.52 Å². The zero-order valence-electron chi connectivity index (χ0n) is 13.8. The molecule has 6 nitrogen and oxygen atoms in total. The monoisotopic (exact) mass is 331 g/mol. The minimum Gasteiger partial charge on any atom is -0.337 e. The van der Waals surface area contributed by atoms with Gasteiger partial charge in [-0.3, -0.25) is 0 Å². The lowest BCUT2D eigenvalue weighted by Gasteiger charge is -2.14. The summed E-state index contributed by atoms with van der Waals surface area (Å²) in [5.74, 6) is 1.09. The highest BCUT2D eigenvalue weighted by molar-refractivity contribution is 5.54. The van der Waals surface area contributed by atoms with Gasteiger partial charge in [0.05, 0.1) is 5.69 Å². The lowest BCUT2D eigenvalue weighted by atomic mass is 10.2. The largest absolute Gasteiger partial charge is 0.337 e. The molecule has 0 saturated carbocycles. The second-order valence-corrected chi connectivity index (χ2v) is 5.74. The van der Waals surface area contributed by atoms with Crippen molar-refractivity contribution < 1.29 is 4.52 Å². The predicted molar refractivity (Wildman–Crippen MR) is 95.4 cm³/mol. The molecule has 0 N–H and O–H groups in total. The predicted octanol–water partition coefficient (Wildman–Crippen LogP) is 3.56. The van der Waals surface area contributed by atoms with Gasteiger partial charge in [0.15, 0.2) is 0 Å². The van der Waals surface area contributed by atoms with E-state index in [1.807, 2.05) is 71.4 Å². The van der Waals surface area contributed by atoms with Crippen molar-refractivity contribution >= 4 is 5.95 Å². The van der Waals surface area contributed by atoms with Crippen LogP contribution in [0.15, 0.2) is 77.6 Å². The molecule has 0 spiro atoms. The maximum atomic E-state index is 5.36. The average molecular weight is 331 g/mol. The Hall–Kier alpha value is -3.41. The van der Waals surface area contributed by atoms with Crippen molar-refractivity contribution in [3.05, 3.63) is 78.6 Å². The van der Waals surface area contributed by atoms with Crippen LogP contribution < -0.4 is 4.90 Å². The van der Waals surface area contributed by atoms with Crippen LogP contribution in [0, 0.1) is 0 Å². The van der Waals surface area contributed by atoms with Crippen molar-refractivity contribution in [2.45, 2.75) is 6.54 Å². The summed E-state index contributed by atoms with van der Waals surface area (Å²) in [6.45, 7) is 0.688. The van der Waals surface area contributed by atoms with E-state index < -0.39 is 0 Å². The summed E-state index contributed by atoms with van der Waals surface area (Å²) in [6, 6.07) is 19.9. The third-order valence-corrected chi connectivity index (χ3v) is 3.90. The molecule has 0 radical (unpaired) electrons. The van der Waals surface area contributed by atoms with Gasteiger partial charge in [-0.1, -0.05) is 30.3 Å². The molecule has 4 aromatic rings. The van der Waals surface area contributed by atoms with Crippen LogP contribution in [0.1, 0.15) is 5.56 Å². The van der Waals surface area contributed by atoms with E-state index in [1.165, 1.54) is 0 Å². The molecule has 25 heavy (non-hydrogen) atoms. The lowest BCUT2D eigenvalue weighted by molar-refractivity contribution is 0.430. The van der Waals surface area contributed by atoms with Gasteiger partial charge in [0, 0.05) is 31.5 Å². The first-order valence-corrected chi connectivity index (χ1v) is 7.99. The van der Waals surface area contributed by atoms with Crippen molar-refractivity contribution in [3.8, 4) is 17.1 Å². The molecule has 6 heteroatoms. The Bertz CT molecular complexity index is 930. The third kappa shape index (κ3) is 3.28. The molecule has 0 aliphatic heterocycles. The molecule has 4 rings (SSSR count). The summed E-state index contributed by atoms with van der Waals surface area (Å²) in [4.78, 5) is 6.43. The van der Waals surface area contributed by atoms with Crippen LogP contribution in [0.2, 0.25) is 0 Å². The van der Waals surface area contributed by atoms with Crippen molar-refractivity contribution in [2.24, 2.45) is 0 Å². The van der Waals surface area contributed by atoms with Crippen LogP contribution in [0.5, 0.6) is 0 Å². The molecule has 0 amide bonds. The topological polar surface area (TPSA) is 60.0 Å². The Morgan fingerprint density at radius 1 is 1.00 bits per heavy atom. The van der Waals surface area contributed by atoms with Gasteiger partial charge < -0.3 is 9.42 Å². The standard InChI is InChI=1S/C19H17N5O/c1-23(19-21-18(25-22-19)16-6-3-2-4-7-16)14-15-8-10-17(11-9-15)24-13-5-12-20-24/h2-13H,14H2,1H3. The molecule has 0 atom stereocenters. The molecule has 0 saturated heterocycles. The fourth-order valence-corrected chi connectivity index (χ4v) is 2.59. The molecule has 0 bridgehead atoms. The van der Waals surface area contributed by atoms with Crippen LogP contribution in [0.4, 0.5) is 5.95 Å². The second kappa shape index (κ2) is 6.60. The number of rotatable bonds is 5. The fourth-order valence-electron chi connectivity index (χ4n) is 2.59. The van der Waals surface area contributed by atoms with E-state index >= 15 is 0 Å². The second-order valence-electron chi connectivity index (χ2n) is 5.74. The van der Waals surface area contributed by atoms with Crippen LogP contribution in [0.3, 0.4) is 0 Å². The van der Waals surface area contributed by atoms with E-state index in [0.717, 1.165) is 16.8 Å². The number of hydrogen-bond donors (Lipinski definition) is 0. The van der Waals surface area contributed by atoms with Crippen LogP contribution >= 0.6 is 0 Å². The summed E-state index contributed by atoms with van der Waals surface area (Å²) >= 11 is 0. The average Bonchev–Trinajstić information content (AvgIpc) is 3.35. The molecule has 2 heterocycles. The number of hydrogen-bond acceptors (Lipinski definition) is 5. The molecule has 0 aliphatic carbocycles. The van der Waals surface area contributed by atoms with E-state index in [1.54, 1.807) is 6.20 Å². The van der Waals surface area contributed by atoms with Gasteiger partial charge in [-0.25, -0.2) is 4.68 Å². The van der Waals surface area contributed by atoms with E-state index in [0.29, 0.717) is 18.4 Å². The highest BCUT2D eigenvalue weighted by atomic mass is 16.5. The van der Waals surface area contributed by atoms with Crippen molar-refractivity contribution in [3.63, 3.8) is 0 Å². The first-order chi connectivity index (χ1) is 12.3. The molecule has 2 aromatic carbocycles. The first-order valence-electron chi connectivity index (χ1n) is 7.99. The van der Waals surface area contributed by atoms with Crippen LogP contribution in [-0.4, -0.2) is 27.0 Å². The van der Waals surface area contributed by atoms with Gasteiger partial charge in [0.1, 0.15) is 0 Å². The quantitative estimate of drug-likeness (QED) is 0.559. The zero-order valence-corrected chi connectivity index (χ0v) is 13.8. The highest BCUT2D eigenvalue weighted by Crippen LogP contribution is 2.20. The molecule has 0 unspecified atom stereocenters. The summed E-state index contributed by atoms with van der Waals surface area (Å²) < 4.78 is 7.20. The highest BCUT2D eigenvalue weighted by Gasteiger charge is 2.12. The van der Waals surface area contributed by atoms with Crippen molar-refractivity contribution in [1.82, 2.24) is 19.9 Å². The van der Waals surface area contributed by atoms with Crippen molar-refractivity contribution in [1.29, 1.82) is 0 Å². The van der Waals surface area contributed by atoms with E-state index in [9.17, 15) is 0 Å². The molecule has 0 aliphatic rings. The van der Waals surface area contributed by atoms with Crippen molar-refractivity contribution in [2.75, 3.05) is 11.9 Å². The van der Waals surface area contributed by atoms with E-state index in [-0.39, 0.29) is 0 Å². The molecular formula is C19H17N5O. The number of anilines is 1. The summed E-state index contributed by atoms with van der Waals surface area (Å²) in [7, 11) is 1.95. The Balaban J connectivity index is 1.47. The normalized spacial score (nSPS) is 10.8. The smallest absolute Gasteiger partial charge is 0.266 e. The fraction of sp³-hybridized carbons (Fsp3) is 0.105. The van der Waals surface area contributed by atoms with Crippen LogP contribution in [-0.2, 0) is 6.54 Å². The zero-order chi connectivity index (χ0) is 17.1. The summed E-state index contributed by atoms with van der Waals surface area (Å²) in [5.41, 5.74) is 3.10. The molecule has 2 aromatic heterocycles. The Kier molecular flexibility index (Phi) is 4.00. The maximum Gasteiger partial charge on any atom is 0.266 e. The van der Waals surface area contributed by atoms with Gasteiger partial charge in [0.25, 0.3) is 11.8 Å². The van der Waals surface area contributed by atoms with Gasteiger partial charge in [-0.2, -0.15) is 10.1 Å². The minimum absolute atomic E-state index is 0.525. The maximum absolute atomic E-state index is 5.36. The third-order valence-electron chi connectivity index (χ3n) is 3.90. The number of nitrogens with zero attached hydrogens (tertiary/aromatic N) is 5. The van der Waals surface area contributed by atoms with Gasteiger partial charge >= 0.3 is 0 Å². The molecule has 124 valence electrons. The number of aromatic nitrogens is 4.